The zero-order valence-corrected chi connectivity index (χ0v) is 11.7. The summed E-state index contributed by atoms with van der Waals surface area (Å²) in [6, 6.07) is 3.93. The quantitative estimate of drug-likeness (QED) is 0.830. The molecule has 0 aliphatic heterocycles. The second kappa shape index (κ2) is 4.76. The summed E-state index contributed by atoms with van der Waals surface area (Å²) >= 11 is 2.92. The predicted molar refractivity (Wildman–Crippen MR) is 64.2 cm³/mol. The van der Waals surface area contributed by atoms with E-state index in [2.05, 4.69) is 15.9 Å². The molecule has 0 saturated carbocycles. The van der Waals surface area contributed by atoms with Crippen molar-refractivity contribution in [3.63, 3.8) is 0 Å². The Labute approximate surface area is 106 Å². The van der Waals surface area contributed by atoms with Crippen molar-refractivity contribution in [2.24, 2.45) is 0 Å². The van der Waals surface area contributed by atoms with Crippen LogP contribution in [0, 0.1) is 0 Å². The summed E-state index contributed by atoms with van der Waals surface area (Å²) in [6.07, 6.45) is 0. The molecule has 2 N–H and O–H groups in total. The van der Waals surface area contributed by atoms with Crippen LogP contribution in [0.1, 0.15) is 30.9 Å². The zero-order valence-electron chi connectivity index (χ0n) is 9.19. The number of hydrogen-bond donors (Lipinski definition) is 2. The summed E-state index contributed by atoms with van der Waals surface area (Å²) in [7, 11) is -5.52. The average molecular weight is 329 g/mol. The Kier molecular flexibility index (Phi) is 4.14. The van der Waals surface area contributed by atoms with Gasteiger partial charge in [0.15, 0.2) is 0 Å². The lowest BCUT2D eigenvalue weighted by molar-refractivity contribution is 0.0557. The van der Waals surface area contributed by atoms with Crippen LogP contribution < -0.4 is 0 Å². The summed E-state index contributed by atoms with van der Waals surface area (Å²) < 4.78 is 37.7. The zero-order chi connectivity index (χ0) is 13.4. The monoisotopic (exact) mass is 328 g/mol. The molecule has 0 heterocycles. The van der Waals surface area contributed by atoms with Gasteiger partial charge in [0.1, 0.15) is 0 Å². The smallest absolute Gasteiger partial charge is 0.320 e. The molecule has 1 aromatic rings. The van der Waals surface area contributed by atoms with Gasteiger partial charge in [0.25, 0.3) is 0 Å². The number of hydrogen-bond acceptors (Lipinski definition) is 1. The van der Waals surface area contributed by atoms with Gasteiger partial charge in [-0.25, -0.2) is 0 Å². The lowest BCUT2D eigenvalue weighted by Crippen LogP contribution is -2.14. The van der Waals surface area contributed by atoms with Crippen molar-refractivity contribution in [2.75, 3.05) is 0 Å². The highest BCUT2D eigenvalue weighted by Gasteiger charge is 2.51. The topological polar surface area (TPSA) is 57.5 Å². The second-order valence-electron chi connectivity index (χ2n) is 3.98. The molecule has 0 saturated heterocycles. The molecule has 0 unspecified atom stereocenters. The Balaban J connectivity index is 3.31. The molecule has 1 aromatic carbocycles. The Morgan fingerprint density at radius 1 is 1.35 bits per heavy atom. The summed E-state index contributed by atoms with van der Waals surface area (Å²) in [4.78, 5) is 17.3. The highest BCUT2D eigenvalue weighted by atomic mass is 79.9. The third-order valence-electron chi connectivity index (χ3n) is 2.35. The molecule has 0 aromatic heterocycles. The highest BCUT2D eigenvalue weighted by molar-refractivity contribution is 9.10. The molecular formula is C10H12BrF2O3P. The minimum Gasteiger partial charge on any atom is -0.320 e. The molecule has 0 amide bonds. The van der Waals surface area contributed by atoms with Gasteiger partial charge in [0.05, 0.1) is 0 Å². The molecule has 96 valence electrons. The maximum absolute atomic E-state index is 13.5. The van der Waals surface area contributed by atoms with Crippen LogP contribution in [0.2, 0.25) is 0 Å². The van der Waals surface area contributed by atoms with Crippen molar-refractivity contribution in [1.29, 1.82) is 0 Å². The largest absolute Gasteiger partial charge is 0.399 e. The lowest BCUT2D eigenvalue weighted by Gasteiger charge is -2.20. The van der Waals surface area contributed by atoms with Crippen molar-refractivity contribution >= 4 is 23.5 Å². The minimum atomic E-state index is -5.52. The van der Waals surface area contributed by atoms with Crippen LogP contribution in [0.4, 0.5) is 8.78 Å². The van der Waals surface area contributed by atoms with Crippen LogP contribution in [-0.2, 0) is 10.2 Å². The molecule has 0 bridgehead atoms. The third-order valence-corrected chi connectivity index (χ3v) is 3.98. The fourth-order valence-corrected chi connectivity index (χ4v) is 2.60. The van der Waals surface area contributed by atoms with E-state index >= 15 is 0 Å². The Morgan fingerprint density at radius 2 is 1.88 bits per heavy atom. The molecule has 0 radical (unpaired) electrons. The van der Waals surface area contributed by atoms with E-state index in [4.69, 9.17) is 9.79 Å². The lowest BCUT2D eigenvalue weighted by atomic mass is 10.0. The van der Waals surface area contributed by atoms with Crippen molar-refractivity contribution in [2.45, 2.75) is 25.4 Å². The van der Waals surface area contributed by atoms with Crippen LogP contribution >= 0.6 is 23.5 Å². The van der Waals surface area contributed by atoms with Gasteiger partial charge in [0, 0.05) is 10.0 Å². The molecule has 0 aliphatic carbocycles. The van der Waals surface area contributed by atoms with Gasteiger partial charge in [0.2, 0.25) is 0 Å². The SMILES string of the molecule is CC(C)c1ccc(C(F)(F)P(=O)(O)O)c(Br)c1. The molecule has 0 aliphatic rings. The van der Waals surface area contributed by atoms with E-state index in [1.54, 1.807) is 0 Å². The van der Waals surface area contributed by atoms with E-state index in [9.17, 15) is 13.3 Å². The van der Waals surface area contributed by atoms with Gasteiger partial charge in [-0.2, -0.15) is 8.78 Å². The first-order valence-electron chi connectivity index (χ1n) is 4.80. The van der Waals surface area contributed by atoms with Gasteiger partial charge >= 0.3 is 13.3 Å². The fourth-order valence-electron chi connectivity index (χ4n) is 1.29. The van der Waals surface area contributed by atoms with Crippen molar-refractivity contribution in [1.82, 2.24) is 0 Å². The van der Waals surface area contributed by atoms with Crippen molar-refractivity contribution in [3.05, 3.63) is 33.8 Å². The van der Waals surface area contributed by atoms with Crippen molar-refractivity contribution in [3.8, 4) is 0 Å². The van der Waals surface area contributed by atoms with Crippen LogP contribution in [-0.4, -0.2) is 9.79 Å². The highest BCUT2D eigenvalue weighted by Crippen LogP contribution is 2.60. The minimum absolute atomic E-state index is 0.00275. The van der Waals surface area contributed by atoms with Gasteiger partial charge in [-0.3, -0.25) is 4.57 Å². The maximum Gasteiger partial charge on any atom is 0.399 e. The summed E-state index contributed by atoms with van der Waals surface area (Å²) in [5.74, 6) is 0.143. The van der Waals surface area contributed by atoms with E-state index in [0.29, 0.717) is 0 Å². The van der Waals surface area contributed by atoms with Gasteiger partial charge in [-0.15, -0.1) is 0 Å². The fraction of sp³-hybridized carbons (Fsp3) is 0.400. The van der Waals surface area contributed by atoms with Crippen LogP contribution in [0.3, 0.4) is 0 Å². The first-order valence-corrected chi connectivity index (χ1v) is 7.21. The molecule has 0 spiro atoms. The predicted octanol–water partition coefficient (Wildman–Crippen LogP) is 3.80. The molecule has 7 heteroatoms. The molecule has 0 fully saturated rings. The van der Waals surface area contributed by atoms with Crippen molar-refractivity contribution < 1.29 is 23.1 Å². The van der Waals surface area contributed by atoms with E-state index in [-0.39, 0.29) is 10.4 Å². The van der Waals surface area contributed by atoms with Crippen LogP contribution in [0.15, 0.2) is 22.7 Å². The number of halogens is 3. The molecule has 17 heavy (non-hydrogen) atoms. The van der Waals surface area contributed by atoms with E-state index in [1.807, 2.05) is 13.8 Å². The first-order chi connectivity index (χ1) is 7.57. The summed E-state index contributed by atoms with van der Waals surface area (Å²) in [5.41, 5.74) is -4.07. The average Bonchev–Trinajstić information content (AvgIpc) is 2.15. The van der Waals surface area contributed by atoms with Gasteiger partial charge in [-0.05, 0) is 17.5 Å². The van der Waals surface area contributed by atoms with E-state index < -0.39 is 18.8 Å². The maximum atomic E-state index is 13.5. The molecule has 1 rings (SSSR count). The number of rotatable bonds is 3. The molecular weight excluding hydrogens is 317 g/mol. The van der Waals surface area contributed by atoms with E-state index in [1.165, 1.54) is 12.1 Å². The molecule has 0 atom stereocenters. The standard InChI is InChI=1S/C10H12BrF2O3P/c1-6(2)7-3-4-8(9(11)5-7)10(12,13)17(14,15)16/h3-6H,1-2H3,(H2,14,15,16). The second-order valence-corrected chi connectivity index (χ2v) is 6.48. The van der Waals surface area contributed by atoms with Gasteiger partial charge < -0.3 is 9.79 Å². The number of alkyl halides is 2. The van der Waals surface area contributed by atoms with E-state index in [0.717, 1.165) is 11.6 Å². The molecule has 3 nitrogen and oxygen atoms in total. The third kappa shape index (κ3) is 2.94. The Morgan fingerprint density at radius 3 is 2.24 bits per heavy atom. The summed E-state index contributed by atoms with van der Waals surface area (Å²) in [6.45, 7) is 3.78. The van der Waals surface area contributed by atoms with Crippen LogP contribution in [0.5, 0.6) is 0 Å². The van der Waals surface area contributed by atoms with Crippen LogP contribution in [0.25, 0.3) is 0 Å². The Bertz CT molecular complexity index is 471. The normalized spacial score (nSPS) is 13.2. The Hall–Kier alpha value is -0.290. The number of benzene rings is 1. The summed E-state index contributed by atoms with van der Waals surface area (Å²) in [5, 5.41) is 0. The van der Waals surface area contributed by atoms with Gasteiger partial charge in [-0.1, -0.05) is 41.9 Å². The first kappa shape index (κ1) is 14.8.